The van der Waals surface area contributed by atoms with Gasteiger partial charge in [0.05, 0.1) is 19.3 Å². The fraction of sp³-hybridized carbons (Fsp3) is 0.214. The minimum Gasteiger partial charge on any atom is -0.495 e. The summed E-state index contributed by atoms with van der Waals surface area (Å²) in [5.74, 6) is 0.640. The highest BCUT2D eigenvalue weighted by Crippen LogP contribution is 2.22. The molecule has 0 unspecified atom stereocenters. The van der Waals surface area contributed by atoms with E-state index in [9.17, 15) is 4.79 Å². The van der Waals surface area contributed by atoms with Crippen molar-refractivity contribution in [3.05, 3.63) is 56.4 Å². The van der Waals surface area contributed by atoms with Gasteiger partial charge in [0.2, 0.25) is 0 Å². The fourth-order valence-electron chi connectivity index (χ4n) is 1.84. The topological polar surface area (TPSA) is 57.2 Å². The number of hydrogen-bond donors (Lipinski definition) is 1. The third-order valence-corrected chi connectivity index (χ3v) is 3.75. The second-order valence-electron chi connectivity index (χ2n) is 4.35. The second kappa shape index (κ2) is 5.48. The van der Waals surface area contributed by atoms with Crippen molar-refractivity contribution < 1.29 is 4.74 Å². The molecule has 0 aliphatic rings. The van der Waals surface area contributed by atoms with Gasteiger partial charge in [-0.15, -0.1) is 0 Å². The van der Waals surface area contributed by atoms with Crippen LogP contribution in [0, 0.1) is 6.92 Å². The molecule has 1 heterocycles. The highest BCUT2D eigenvalue weighted by Gasteiger charge is 2.04. The number of rotatable bonds is 3. The first kappa shape index (κ1) is 13.7. The Morgan fingerprint density at radius 1 is 1.37 bits per heavy atom. The molecule has 0 aliphatic carbocycles. The molecule has 0 fully saturated rings. The van der Waals surface area contributed by atoms with E-state index < -0.39 is 0 Å². The number of nitrogen functional groups attached to an aromatic ring is 1. The lowest BCUT2D eigenvalue weighted by Crippen LogP contribution is -2.19. The molecular formula is C14H15BrN2O2. The summed E-state index contributed by atoms with van der Waals surface area (Å²) in [6.45, 7) is 2.37. The quantitative estimate of drug-likeness (QED) is 0.883. The van der Waals surface area contributed by atoms with E-state index >= 15 is 0 Å². The Morgan fingerprint density at radius 3 is 2.74 bits per heavy atom. The van der Waals surface area contributed by atoms with Crippen molar-refractivity contribution in [1.29, 1.82) is 0 Å². The number of pyridine rings is 1. The molecule has 0 spiro atoms. The number of nitrogens with two attached hydrogens (primary N) is 1. The molecule has 0 bridgehead atoms. The molecular weight excluding hydrogens is 308 g/mol. The Labute approximate surface area is 119 Å². The van der Waals surface area contributed by atoms with Gasteiger partial charge >= 0.3 is 0 Å². The lowest BCUT2D eigenvalue weighted by molar-refractivity contribution is 0.417. The molecule has 4 nitrogen and oxygen atoms in total. The average molecular weight is 323 g/mol. The Hall–Kier alpha value is -1.75. The fourth-order valence-corrected chi connectivity index (χ4v) is 2.20. The van der Waals surface area contributed by atoms with Crippen LogP contribution in [0.25, 0.3) is 0 Å². The van der Waals surface area contributed by atoms with Crippen molar-refractivity contribution in [3.8, 4) is 5.75 Å². The predicted molar refractivity (Wildman–Crippen MR) is 79.6 cm³/mol. The van der Waals surface area contributed by atoms with Crippen LogP contribution in [0.3, 0.4) is 0 Å². The van der Waals surface area contributed by atoms with Gasteiger partial charge in [-0.05, 0) is 46.1 Å². The zero-order chi connectivity index (χ0) is 14.0. The number of ether oxygens (including phenoxy) is 1. The molecule has 2 N–H and O–H groups in total. The van der Waals surface area contributed by atoms with E-state index in [-0.39, 0.29) is 5.56 Å². The SMILES string of the molecule is COc1ccc(Cn2cc(Br)c(C)cc2=O)cc1N. The van der Waals surface area contributed by atoms with Gasteiger partial charge in [0.15, 0.2) is 0 Å². The summed E-state index contributed by atoms with van der Waals surface area (Å²) in [5.41, 5.74) is 8.27. The van der Waals surface area contributed by atoms with Crippen molar-refractivity contribution >= 4 is 21.6 Å². The van der Waals surface area contributed by atoms with Gasteiger partial charge in [-0.1, -0.05) is 6.07 Å². The summed E-state index contributed by atoms with van der Waals surface area (Å²) in [6.07, 6.45) is 1.79. The molecule has 0 amide bonds. The summed E-state index contributed by atoms with van der Waals surface area (Å²) in [5, 5.41) is 0. The van der Waals surface area contributed by atoms with E-state index in [0.29, 0.717) is 18.0 Å². The monoisotopic (exact) mass is 322 g/mol. The van der Waals surface area contributed by atoms with Crippen LogP contribution in [-0.2, 0) is 6.54 Å². The molecule has 0 radical (unpaired) electrons. The van der Waals surface area contributed by atoms with Crippen LogP contribution in [0.2, 0.25) is 0 Å². The molecule has 0 atom stereocenters. The molecule has 2 aromatic rings. The first-order valence-electron chi connectivity index (χ1n) is 5.80. The van der Waals surface area contributed by atoms with Crippen molar-refractivity contribution in [3.63, 3.8) is 0 Å². The zero-order valence-electron chi connectivity index (χ0n) is 10.8. The Morgan fingerprint density at radius 2 is 2.11 bits per heavy atom. The number of aromatic nitrogens is 1. The lowest BCUT2D eigenvalue weighted by Gasteiger charge is -2.10. The van der Waals surface area contributed by atoms with Gasteiger partial charge in [-0.3, -0.25) is 4.79 Å². The van der Waals surface area contributed by atoms with Gasteiger partial charge in [-0.2, -0.15) is 0 Å². The van der Waals surface area contributed by atoms with Gasteiger partial charge < -0.3 is 15.0 Å². The van der Waals surface area contributed by atoms with Crippen molar-refractivity contribution in [2.24, 2.45) is 0 Å². The molecule has 1 aromatic heterocycles. The molecule has 1 aromatic carbocycles. The molecule has 0 saturated heterocycles. The maximum absolute atomic E-state index is 11.9. The lowest BCUT2D eigenvalue weighted by atomic mass is 10.2. The van der Waals surface area contributed by atoms with Crippen molar-refractivity contribution in [1.82, 2.24) is 4.57 Å². The van der Waals surface area contributed by atoms with Crippen LogP contribution in [0.1, 0.15) is 11.1 Å². The number of methoxy groups -OCH3 is 1. The van der Waals surface area contributed by atoms with E-state index in [1.54, 1.807) is 30.0 Å². The maximum atomic E-state index is 11.9. The third kappa shape index (κ3) is 2.98. The maximum Gasteiger partial charge on any atom is 0.251 e. The van der Waals surface area contributed by atoms with Crippen LogP contribution >= 0.6 is 15.9 Å². The van der Waals surface area contributed by atoms with Crippen LogP contribution in [-0.4, -0.2) is 11.7 Å². The average Bonchev–Trinajstić information content (AvgIpc) is 2.36. The Balaban J connectivity index is 2.34. The first-order chi connectivity index (χ1) is 9.01. The zero-order valence-corrected chi connectivity index (χ0v) is 12.4. The second-order valence-corrected chi connectivity index (χ2v) is 5.20. The summed E-state index contributed by atoms with van der Waals surface area (Å²) < 4.78 is 7.66. The number of halogens is 1. The first-order valence-corrected chi connectivity index (χ1v) is 6.59. The number of hydrogen-bond acceptors (Lipinski definition) is 3. The van der Waals surface area contributed by atoms with Gasteiger partial charge in [0, 0.05) is 16.7 Å². The summed E-state index contributed by atoms with van der Waals surface area (Å²) >= 11 is 3.43. The minimum atomic E-state index is -0.0323. The smallest absolute Gasteiger partial charge is 0.251 e. The highest BCUT2D eigenvalue weighted by atomic mass is 79.9. The third-order valence-electron chi connectivity index (χ3n) is 2.92. The van der Waals surface area contributed by atoms with E-state index in [1.165, 1.54) is 0 Å². The van der Waals surface area contributed by atoms with Gasteiger partial charge in [0.25, 0.3) is 5.56 Å². The largest absolute Gasteiger partial charge is 0.495 e. The summed E-state index contributed by atoms with van der Waals surface area (Å²) in [7, 11) is 1.58. The van der Waals surface area contributed by atoms with Crippen molar-refractivity contribution in [2.45, 2.75) is 13.5 Å². The van der Waals surface area contributed by atoms with E-state index in [2.05, 4.69) is 15.9 Å². The highest BCUT2D eigenvalue weighted by molar-refractivity contribution is 9.10. The van der Waals surface area contributed by atoms with Gasteiger partial charge in [0.1, 0.15) is 5.75 Å². The van der Waals surface area contributed by atoms with Crippen LogP contribution in [0.5, 0.6) is 5.75 Å². The normalized spacial score (nSPS) is 10.5. The molecule has 19 heavy (non-hydrogen) atoms. The van der Waals surface area contributed by atoms with E-state index in [1.807, 2.05) is 19.1 Å². The van der Waals surface area contributed by atoms with Crippen LogP contribution in [0.4, 0.5) is 5.69 Å². The van der Waals surface area contributed by atoms with Gasteiger partial charge in [-0.25, -0.2) is 0 Å². The van der Waals surface area contributed by atoms with E-state index in [4.69, 9.17) is 10.5 Å². The molecule has 0 saturated carbocycles. The standard InChI is InChI=1S/C14H15BrN2O2/c1-9-5-14(18)17(8-11(9)15)7-10-3-4-13(19-2)12(16)6-10/h3-6,8H,7,16H2,1-2H3. The number of anilines is 1. The van der Waals surface area contributed by atoms with Crippen molar-refractivity contribution in [2.75, 3.05) is 12.8 Å². The summed E-state index contributed by atoms with van der Waals surface area (Å²) in [4.78, 5) is 11.9. The molecule has 0 aliphatic heterocycles. The number of nitrogens with zero attached hydrogens (tertiary/aromatic N) is 1. The summed E-state index contributed by atoms with van der Waals surface area (Å²) in [6, 6.07) is 7.13. The predicted octanol–water partition coefficient (Wildman–Crippen LogP) is 2.56. The Bertz CT molecular complexity index is 665. The molecule has 5 heteroatoms. The van der Waals surface area contributed by atoms with Crippen LogP contribution < -0.4 is 16.0 Å². The number of benzene rings is 1. The minimum absolute atomic E-state index is 0.0323. The Kier molecular flexibility index (Phi) is 3.95. The molecule has 100 valence electrons. The molecule has 2 rings (SSSR count). The number of aryl methyl sites for hydroxylation is 1. The van der Waals surface area contributed by atoms with E-state index in [0.717, 1.165) is 15.6 Å². The van der Waals surface area contributed by atoms with Crippen LogP contribution in [0.15, 0.2) is 39.7 Å².